The van der Waals surface area contributed by atoms with Crippen molar-refractivity contribution in [2.75, 3.05) is 0 Å². The van der Waals surface area contributed by atoms with Crippen molar-refractivity contribution in [3.63, 3.8) is 0 Å². The molecule has 0 saturated carbocycles. The zero-order valence-electron chi connectivity index (χ0n) is 11.3. The minimum atomic E-state index is 0.347. The summed E-state index contributed by atoms with van der Waals surface area (Å²) >= 11 is 3.15. The van der Waals surface area contributed by atoms with Crippen LogP contribution in [0, 0.1) is 0 Å². The van der Waals surface area contributed by atoms with Gasteiger partial charge in [-0.05, 0) is 36.4 Å². The lowest BCUT2D eigenvalue weighted by molar-refractivity contribution is 0.449. The van der Waals surface area contributed by atoms with Crippen LogP contribution < -0.4 is 0 Å². The summed E-state index contributed by atoms with van der Waals surface area (Å²) in [4.78, 5) is 3.99. The molecule has 3 heteroatoms. The summed E-state index contributed by atoms with van der Waals surface area (Å²) in [6.45, 7) is 0. The Morgan fingerprint density at radius 1 is 0.524 bits per heavy atom. The fraction of sp³-hybridized carbons (Fsp3) is 0. The minimum Gasteiger partial charge on any atom is -0.506 e. The zero-order chi connectivity index (χ0) is 14.5. The second-order valence-corrected chi connectivity index (χ2v) is 6.66. The van der Waals surface area contributed by atoms with E-state index in [1.54, 1.807) is 23.5 Å². The van der Waals surface area contributed by atoms with Crippen molar-refractivity contribution in [2.24, 2.45) is 0 Å². The van der Waals surface area contributed by atoms with Crippen LogP contribution in [0.1, 0.15) is 0 Å². The van der Waals surface area contributed by atoms with Crippen molar-refractivity contribution < 1.29 is 5.11 Å². The van der Waals surface area contributed by atoms with Crippen LogP contribution >= 0.6 is 23.5 Å². The summed E-state index contributed by atoms with van der Waals surface area (Å²) in [5, 5.41) is 10.5. The van der Waals surface area contributed by atoms with Gasteiger partial charge in [0.2, 0.25) is 0 Å². The summed E-state index contributed by atoms with van der Waals surface area (Å²) in [6.07, 6.45) is 0. The third kappa shape index (κ3) is 3.63. The Bertz CT molecular complexity index is 652. The summed E-state index contributed by atoms with van der Waals surface area (Å²) < 4.78 is 0. The smallest absolute Gasteiger partial charge is 0.143 e. The van der Waals surface area contributed by atoms with Gasteiger partial charge in [-0.1, -0.05) is 66.0 Å². The van der Waals surface area contributed by atoms with Crippen LogP contribution in [-0.2, 0) is 0 Å². The molecular weight excluding hydrogens is 296 g/mol. The monoisotopic (exact) mass is 310 g/mol. The van der Waals surface area contributed by atoms with Crippen molar-refractivity contribution in [1.29, 1.82) is 0 Å². The van der Waals surface area contributed by atoms with Gasteiger partial charge in [0.1, 0.15) is 5.75 Å². The molecule has 0 radical (unpaired) electrons. The number of para-hydroxylation sites is 1. The molecule has 21 heavy (non-hydrogen) atoms. The van der Waals surface area contributed by atoms with E-state index in [2.05, 4.69) is 0 Å². The molecule has 0 aromatic heterocycles. The third-order valence-electron chi connectivity index (χ3n) is 2.90. The SMILES string of the molecule is Oc1c(Sc2ccccc2)cccc1Sc1ccccc1. The number of phenols is 1. The van der Waals surface area contributed by atoms with Gasteiger partial charge in [-0.15, -0.1) is 0 Å². The molecule has 0 atom stereocenters. The summed E-state index contributed by atoms with van der Waals surface area (Å²) in [7, 11) is 0. The van der Waals surface area contributed by atoms with Gasteiger partial charge >= 0.3 is 0 Å². The molecule has 0 amide bonds. The molecule has 0 saturated heterocycles. The fourth-order valence-electron chi connectivity index (χ4n) is 1.90. The first kappa shape index (κ1) is 14.1. The molecule has 3 aromatic rings. The zero-order valence-corrected chi connectivity index (χ0v) is 12.9. The topological polar surface area (TPSA) is 20.2 Å². The summed E-state index contributed by atoms with van der Waals surface area (Å²) in [6, 6.07) is 26.0. The lowest BCUT2D eigenvalue weighted by Crippen LogP contribution is -1.80. The Hall–Kier alpha value is -1.84. The first-order valence-electron chi connectivity index (χ1n) is 6.61. The van der Waals surface area contributed by atoms with Gasteiger partial charge < -0.3 is 5.11 Å². The van der Waals surface area contributed by atoms with Crippen LogP contribution in [0.15, 0.2) is 98.4 Å². The molecular formula is C18H14OS2. The van der Waals surface area contributed by atoms with E-state index in [1.807, 2.05) is 78.9 Å². The molecule has 0 aliphatic rings. The van der Waals surface area contributed by atoms with Crippen LogP contribution in [0.4, 0.5) is 0 Å². The van der Waals surface area contributed by atoms with Crippen LogP contribution in [0.2, 0.25) is 0 Å². The van der Waals surface area contributed by atoms with Crippen LogP contribution in [0.25, 0.3) is 0 Å². The standard InChI is InChI=1S/C18H14OS2/c19-18-16(20-14-8-3-1-4-9-14)12-7-13-17(18)21-15-10-5-2-6-11-15/h1-13,19H. The van der Waals surface area contributed by atoms with E-state index in [0.717, 1.165) is 19.6 Å². The lowest BCUT2D eigenvalue weighted by Gasteiger charge is -2.09. The first-order chi connectivity index (χ1) is 10.3. The number of rotatable bonds is 4. The van der Waals surface area contributed by atoms with Crippen molar-refractivity contribution in [3.05, 3.63) is 78.9 Å². The quantitative estimate of drug-likeness (QED) is 0.668. The van der Waals surface area contributed by atoms with Gasteiger partial charge in [0.25, 0.3) is 0 Å². The molecule has 0 fully saturated rings. The van der Waals surface area contributed by atoms with E-state index in [4.69, 9.17) is 0 Å². The Morgan fingerprint density at radius 2 is 0.952 bits per heavy atom. The average molecular weight is 310 g/mol. The Labute approximate surface area is 133 Å². The van der Waals surface area contributed by atoms with Gasteiger partial charge in [0.05, 0.1) is 9.79 Å². The van der Waals surface area contributed by atoms with Crippen LogP contribution in [-0.4, -0.2) is 5.11 Å². The number of hydrogen-bond acceptors (Lipinski definition) is 3. The average Bonchev–Trinajstić information content (AvgIpc) is 2.53. The molecule has 3 aromatic carbocycles. The van der Waals surface area contributed by atoms with E-state index in [9.17, 15) is 5.11 Å². The van der Waals surface area contributed by atoms with Gasteiger partial charge in [-0.3, -0.25) is 0 Å². The van der Waals surface area contributed by atoms with Gasteiger partial charge in [-0.2, -0.15) is 0 Å². The molecule has 0 aliphatic heterocycles. The normalized spacial score (nSPS) is 10.5. The molecule has 1 N–H and O–H groups in total. The summed E-state index contributed by atoms with van der Waals surface area (Å²) in [5.74, 6) is 0.347. The van der Waals surface area contributed by atoms with E-state index in [1.165, 1.54) is 0 Å². The predicted molar refractivity (Wildman–Crippen MR) is 89.2 cm³/mol. The van der Waals surface area contributed by atoms with Crippen molar-refractivity contribution in [2.45, 2.75) is 19.6 Å². The number of benzene rings is 3. The highest BCUT2D eigenvalue weighted by molar-refractivity contribution is 8.00. The second-order valence-electron chi connectivity index (χ2n) is 4.43. The molecule has 0 unspecified atom stereocenters. The number of phenolic OH excluding ortho intramolecular Hbond substituents is 1. The Morgan fingerprint density at radius 3 is 1.38 bits per heavy atom. The van der Waals surface area contributed by atoms with E-state index >= 15 is 0 Å². The second kappa shape index (κ2) is 6.74. The maximum Gasteiger partial charge on any atom is 0.143 e. The highest BCUT2D eigenvalue weighted by Gasteiger charge is 2.09. The Kier molecular flexibility index (Phi) is 4.53. The van der Waals surface area contributed by atoms with Crippen LogP contribution in [0.3, 0.4) is 0 Å². The van der Waals surface area contributed by atoms with Gasteiger partial charge in [0.15, 0.2) is 0 Å². The minimum absolute atomic E-state index is 0.347. The van der Waals surface area contributed by atoms with Crippen LogP contribution in [0.5, 0.6) is 5.75 Å². The van der Waals surface area contributed by atoms with Crippen molar-refractivity contribution in [1.82, 2.24) is 0 Å². The third-order valence-corrected chi connectivity index (χ3v) is 5.02. The molecule has 0 aliphatic carbocycles. The lowest BCUT2D eigenvalue weighted by atomic mass is 10.3. The number of aromatic hydroxyl groups is 1. The molecule has 0 spiro atoms. The predicted octanol–water partition coefficient (Wildman–Crippen LogP) is 5.69. The maximum atomic E-state index is 10.5. The molecule has 0 heterocycles. The highest BCUT2D eigenvalue weighted by Crippen LogP contribution is 2.42. The molecule has 0 bridgehead atoms. The van der Waals surface area contributed by atoms with E-state index < -0.39 is 0 Å². The number of hydrogen-bond donors (Lipinski definition) is 1. The van der Waals surface area contributed by atoms with Gasteiger partial charge in [-0.25, -0.2) is 0 Å². The van der Waals surface area contributed by atoms with Gasteiger partial charge in [0, 0.05) is 9.79 Å². The largest absolute Gasteiger partial charge is 0.506 e. The molecule has 3 rings (SSSR count). The van der Waals surface area contributed by atoms with Crippen molar-refractivity contribution in [3.8, 4) is 5.75 Å². The first-order valence-corrected chi connectivity index (χ1v) is 8.24. The Balaban J connectivity index is 1.85. The molecule has 1 nitrogen and oxygen atoms in total. The molecule has 104 valence electrons. The van der Waals surface area contributed by atoms with E-state index in [-0.39, 0.29) is 0 Å². The highest BCUT2D eigenvalue weighted by atomic mass is 32.2. The summed E-state index contributed by atoms with van der Waals surface area (Å²) in [5.41, 5.74) is 0. The van der Waals surface area contributed by atoms with Crippen molar-refractivity contribution >= 4 is 23.5 Å². The van der Waals surface area contributed by atoms with E-state index in [0.29, 0.717) is 5.75 Å². The maximum absolute atomic E-state index is 10.5. The fourth-order valence-corrected chi connectivity index (χ4v) is 3.76.